The number of nitrogen functional groups attached to an aromatic ring is 4. The second-order valence-corrected chi connectivity index (χ2v) is 22.7. The highest BCUT2D eigenvalue weighted by Crippen LogP contribution is 2.38. The number of para-hydroxylation sites is 4. The molecule has 0 saturated carbocycles. The van der Waals surface area contributed by atoms with Crippen LogP contribution in [0.5, 0.6) is 12.0 Å². The quantitative estimate of drug-likeness (QED) is 0.0122. The van der Waals surface area contributed by atoms with Crippen LogP contribution in [0.1, 0.15) is 64.2 Å². The van der Waals surface area contributed by atoms with Crippen LogP contribution >= 0.6 is 0 Å². The van der Waals surface area contributed by atoms with Gasteiger partial charge in [-0.05, 0) is 76.2 Å². The third-order valence-electron chi connectivity index (χ3n) is 15.7. The van der Waals surface area contributed by atoms with E-state index in [4.69, 9.17) is 32.4 Å². The van der Waals surface area contributed by atoms with Crippen LogP contribution in [-0.4, -0.2) is 169 Å². The Hall–Kier alpha value is -16.6. The minimum Gasteiger partial charge on any atom is -0.479 e. The highest BCUT2D eigenvalue weighted by atomic mass is 16.5. The number of esters is 2. The van der Waals surface area contributed by atoms with E-state index in [1.165, 1.54) is 57.7 Å². The van der Waals surface area contributed by atoms with Crippen molar-refractivity contribution in [3.8, 4) is 58.6 Å². The molecule has 14 rings (SSSR count). The Balaban J connectivity index is 0.000000193. The summed E-state index contributed by atoms with van der Waals surface area (Å²) in [7, 11) is 2.46. The predicted octanol–water partition coefficient (Wildman–Crippen LogP) is 8.20. The molecular formula is C66H54N34O10. The smallest absolute Gasteiger partial charge is 0.343 e. The van der Waals surface area contributed by atoms with Gasteiger partial charge in [-0.25, -0.2) is 28.3 Å². The predicted molar refractivity (Wildman–Crippen MR) is 382 cm³/mol. The lowest BCUT2D eigenvalue weighted by Gasteiger charge is -2.06. The van der Waals surface area contributed by atoms with Crippen molar-refractivity contribution >= 4 is 105 Å². The van der Waals surface area contributed by atoms with Gasteiger partial charge < -0.3 is 42.6 Å². The topological polar surface area (TPSA) is 584 Å². The highest BCUT2D eigenvalue weighted by Gasteiger charge is 2.28. The monoisotopic (exact) mass is 1480 g/mol. The van der Waals surface area contributed by atoms with E-state index in [0.717, 1.165) is 18.7 Å². The lowest BCUT2D eigenvalue weighted by Crippen LogP contribution is -2.13. The average Bonchev–Trinajstić information content (AvgIpc) is 1.62. The van der Waals surface area contributed by atoms with Gasteiger partial charge in [-0.1, -0.05) is 72.8 Å². The Kier molecular flexibility index (Phi) is 19.8. The van der Waals surface area contributed by atoms with E-state index in [1.807, 2.05) is 12.1 Å². The van der Waals surface area contributed by atoms with E-state index < -0.39 is 35.5 Å². The average molecular weight is 1480 g/mol. The van der Waals surface area contributed by atoms with Crippen LogP contribution in [-0.2, 0) is 19.1 Å². The zero-order valence-corrected chi connectivity index (χ0v) is 57.9. The number of hydrogen-bond acceptors (Lipinski definition) is 36. The van der Waals surface area contributed by atoms with Crippen molar-refractivity contribution in [3.63, 3.8) is 0 Å². The van der Waals surface area contributed by atoms with E-state index >= 15 is 0 Å². The molecular weight excluding hydrogens is 1430 g/mol. The van der Waals surface area contributed by atoms with E-state index in [2.05, 4.69) is 112 Å². The molecule has 44 heteroatoms. The number of anilines is 4. The number of aromatic nitrogens is 22. The third-order valence-corrected chi connectivity index (χ3v) is 15.7. The molecule has 14 aromatic rings. The summed E-state index contributed by atoms with van der Waals surface area (Å²) < 4.78 is 19.6. The van der Waals surface area contributed by atoms with Gasteiger partial charge in [-0.2, -0.15) is 89.4 Å². The fraction of sp³-hybridized carbons (Fsp3) is 0.0909. The number of aryl methyl sites for hydroxylation is 4. The molecule has 0 aliphatic carbocycles. The first-order chi connectivity index (χ1) is 53.2. The number of nitrogens with zero attached hydrogens (tertiary/aromatic N) is 30. The number of carbonyl (C=O) groups excluding carboxylic acids is 6. The fourth-order valence-electron chi connectivity index (χ4n) is 10.5. The van der Waals surface area contributed by atoms with Gasteiger partial charge in [0.2, 0.25) is 11.6 Å². The van der Waals surface area contributed by atoms with Gasteiger partial charge in [0.25, 0.3) is 23.8 Å². The molecule has 0 aliphatic heterocycles. The maximum Gasteiger partial charge on any atom is 0.343 e. The van der Waals surface area contributed by atoms with Crippen LogP contribution in [0.4, 0.5) is 69.3 Å². The van der Waals surface area contributed by atoms with Crippen molar-refractivity contribution in [1.29, 1.82) is 0 Å². The maximum atomic E-state index is 12.5. The second-order valence-electron chi connectivity index (χ2n) is 22.7. The van der Waals surface area contributed by atoms with Gasteiger partial charge in [0, 0.05) is 0 Å². The summed E-state index contributed by atoms with van der Waals surface area (Å²) in [6.45, 7) is 6.36. The van der Waals surface area contributed by atoms with E-state index in [9.17, 15) is 39.0 Å². The van der Waals surface area contributed by atoms with Crippen molar-refractivity contribution in [2.45, 2.75) is 27.7 Å². The number of Topliss-reactive ketones (excluding diaryl/α,β-unsaturated/α-hetero) is 2. The Morgan fingerprint density at radius 3 is 0.800 bits per heavy atom. The number of rotatable bonds is 22. The molecule has 0 spiro atoms. The Bertz CT molecular complexity index is 5680. The summed E-state index contributed by atoms with van der Waals surface area (Å²) in [5, 5.41) is 89.7. The van der Waals surface area contributed by atoms with Gasteiger partial charge in [-0.15, -0.1) is 40.9 Å². The van der Waals surface area contributed by atoms with Gasteiger partial charge in [0.1, 0.15) is 11.1 Å². The number of aldehydes is 2. The Morgan fingerprint density at radius 2 is 0.573 bits per heavy atom. The standard InChI is InChI=1S/2C33H27N17O5/c2*1-17-24(41-43-28-21(23(52)16-51)14-36-47(28)19-10-6-4-7-11-19)26(34)49(45-17)31-38-32(40-33(54)39-31)50-27(35)25(18(2)46-50)42-44-29-22(30(53)55-3)15-37-48(29)20-12-8-5-9-13-20/h2*4-16H,34-35H2,1-3H3,(H,38,39,40,54). The summed E-state index contributed by atoms with van der Waals surface area (Å²) in [4.78, 5) is 97.2. The summed E-state index contributed by atoms with van der Waals surface area (Å²) >= 11 is 0. The molecule has 0 saturated heterocycles. The molecule has 10 N–H and O–H groups in total. The van der Waals surface area contributed by atoms with Crippen molar-refractivity contribution in [1.82, 2.24) is 108 Å². The molecule has 44 nitrogen and oxygen atoms in total. The zero-order valence-electron chi connectivity index (χ0n) is 57.9. The summed E-state index contributed by atoms with van der Waals surface area (Å²) in [6.07, 6.45) is 5.34. The molecule has 110 heavy (non-hydrogen) atoms. The van der Waals surface area contributed by atoms with E-state index in [-0.39, 0.29) is 151 Å². The van der Waals surface area contributed by atoms with Crippen molar-refractivity contribution < 1.29 is 48.5 Å². The number of aromatic hydroxyl groups is 2. The van der Waals surface area contributed by atoms with Crippen molar-refractivity contribution in [2.75, 3.05) is 37.2 Å². The van der Waals surface area contributed by atoms with E-state index in [1.54, 1.807) is 137 Å². The fourth-order valence-corrected chi connectivity index (χ4v) is 10.5. The van der Waals surface area contributed by atoms with Gasteiger partial charge >= 0.3 is 24.0 Å². The first kappa shape index (κ1) is 71.8. The lowest BCUT2D eigenvalue weighted by atomic mass is 10.2. The minimum atomic E-state index is -0.854. The molecule has 4 aromatic carbocycles. The molecule has 0 atom stereocenters. The lowest BCUT2D eigenvalue weighted by molar-refractivity contribution is -0.105. The van der Waals surface area contributed by atoms with Crippen LogP contribution in [0.2, 0.25) is 0 Å². The normalized spacial score (nSPS) is 11.5. The summed E-state index contributed by atoms with van der Waals surface area (Å²) in [5.41, 5.74) is 29.4. The van der Waals surface area contributed by atoms with Crippen LogP contribution in [0.15, 0.2) is 187 Å². The largest absolute Gasteiger partial charge is 0.479 e. The number of nitrogens with two attached hydrogens (primary N) is 4. The Labute approximate surface area is 615 Å². The number of carbonyl (C=O) groups is 6. The molecule has 0 amide bonds. The zero-order chi connectivity index (χ0) is 77.6. The van der Waals surface area contributed by atoms with Crippen LogP contribution in [0.3, 0.4) is 0 Å². The van der Waals surface area contributed by atoms with Gasteiger partial charge in [0.15, 0.2) is 81.9 Å². The van der Waals surface area contributed by atoms with Crippen LogP contribution < -0.4 is 22.9 Å². The molecule has 0 fully saturated rings. The molecule has 0 radical (unpaired) electrons. The highest BCUT2D eigenvalue weighted by molar-refractivity contribution is 6.35. The number of ketones is 2. The molecule has 548 valence electrons. The number of ether oxygens (including phenoxy) is 2. The van der Waals surface area contributed by atoms with Crippen molar-refractivity contribution in [2.24, 2.45) is 40.9 Å². The number of hydrogen-bond donors (Lipinski definition) is 6. The molecule has 10 aromatic heterocycles. The van der Waals surface area contributed by atoms with Gasteiger partial charge in [-0.3, -0.25) is 19.2 Å². The summed E-state index contributed by atoms with van der Waals surface area (Å²) in [6, 6.07) is 34.0. The number of benzene rings is 4. The second kappa shape index (κ2) is 30.4. The van der Waals surface area contributed by atoms with Gasteiger partial charge in [0.05, 0.1) is 95.7 Å². The SMILES string of the molecule is COC(=O)c1cnn(-c2ccccc2)c1N=Nc1c(C)nn(-c2nc(O)nc(-n3nc(C)c(N=Nc4c(C(=O)C=O)cnn4-c4ccccc4)c3N)n2)c1N.COC(=O)c1cnn(-c2ccccc2)c1N=Nc1c(C)nn(-c2nc(O)nc(-n3nc(C)c(N=Nc4c(C(=O)C=O)cnn4-c4ccccc4)c3N)n2)c1N. The Morgan fingerprint density at radius 1 is 0.345 bits per heavy atom. The van der Waals surface area contributed by atoms with Crippen LogP contribution in [0.25, 0.3) is 46.5 Å². The summed E-state index contributed by atoms with van der Waals surface area (Å²) in [5.74, 6) is -4.37. The third kappa shape index (κ3) is 13.9. The first-order valence-electron chi connectivity index (χ1n) is 31.9. The number of azo groups is 4. The molecule has 10 heterocycles. The molecule has 0 unspecified atom stereocenters. The van der Waals surface area contributed by atoms with Crippen molar-refractivity contribution in [3.05, 3.63) is 191 Å². The molecule has 0 aliphatic rings. The number of methoxy groups -OCH3 is 2. The van der Waals surface area contributed by atoms with Crippen LogP contribution in [0, 0.1) is 27.7 Å². The maximum absolute atomic E-state index is 12.5. The first-order valence-corrected chi connectivity index (χ1v) is 31.9. The molecule has 0 bridgehead atoms. The minimum absolute atomic E-state index is 0.0292. The van der Waals surface area contributed by atoms with E-state index in [0.29, 0.717) is 22.7 Å².